The minimum absolute atomic E-state index is 0.0643. The van der Waals surface area contributed by atoms with Gasteiger partial charge in [-0.25, -0.2) is 9.18 Å². The smallest absolute Gasteiger partial charge is 0.342 e. The van der Waals surface area contributed by atoms with Gasteiger partial charge in [0.05, 0.1) is 12.5 Å². The van der Waals surface area contributed by atoms with E-state index in [0.29, 0.717) is 5.75 Å². The largest absolute Gasteiger partial charge is 0.477 e. The summed E-state index contributed by atoms with van der Waals surface area (Å²) in [5.41, 5.74) is 0.311. The zero-order valence-corrected chi connectivity index (χ0v) is 10.3. The molecule has 0 bridgehead atoms. The van der Waals surface area contributed by atoms with E-state index in [1.807, 2.05) is 6.07 Å². The fourth-order valence-electron chi connectivity index (χ4n) is 1.69. The molecule has 100 valence electrons. The number of hydrogen-bond donors (Lipinski definition) is 1. The van der Waals surface area contributed by atoms with Crippen LogP contribution < -0.4 is 4.74 Å². The third-order valence-electron chi connectivity index (χ3n) is 2.62. The maximum Gasteiger partial charge on any atom is 0.342 e. The number of nitrogens with zero attached hydrogens (tertiary/aromatic N) is 1. The van der Waals surface area contributed by atoms with E-state index < -0.39 is 17.3 Å². The van der Waals surface area contributed by atoms with Gasteiger partial charge in [0.25, 0.3) is 0 Å². The van der Waals surface area contributed by atoms with Crippen molar-refractivity contribution < 1.29 is 19.0 Å². The molecule has 20 heavy (non-hydrogen) atoms. The minimum Gasteiger partial charge on any atom is -0.477 e. The second-order valence-corrected chi connectivity index (χ2v) is 4.00. The van der Waals surface area contributed by atoms with Crippen LogP contribution in [0.3, 0.4) is 0 Å². The van der Waals surface area contributed by atoms with Gasteiger partial charge in [0.1, 0.15) is 22.9 Å². The Morgan fingerprint density at radius 3 is 2.55 bits per heavy atom. The number of nitriles is 1. The highest BCUT2D eigenvalue weighted by Gasteiger charge is 2.17. The Bertz CT molecular complexity index is 675. The number of carboxylic acids is 1. The van der Waals surface area contributed by atoms with Crippen LogP contribution in [0.15, 0.2) is 42.5 Å². The van der Waals surface area contributed by atoms with Crippen LogP contribution >= 0.6 is 0 Å². The lowest BCUT2D eigenvalue weighted by atomic mass is 10.1. The Balaban J connectivity index is 2.28. The van der Waals surface area contributed by atoms with Gasteiger partial charge in [0.15, 0.2) is 0 Å². The Morgan fingerprint density at radius 1 is 1.25 bits per heavy atom. The molecule has 2 rings (SSSR count). The monoisotopic (exact) mass is 271 g/mol. The lowest BCUT2D eigenvalue weighted by Crippen LogP contribution is -2.03. The third kappa shape index (κ3) is 2.93. The van der Waals surface area contributed by atoms with E-state index in [9.17, 15) is 9.18 Å². The van der Waals surface area contributed by atoms with Crippen molar-refractivity contribution in [1.82, 2.24) is 0 Å². The number of carboxylic acid groups (broad SMARTS) is 1. The van der Waals surface area contributed by atoms with Crippen LogP contribution in [0.25, 0.3) is 0 Å². The van der Waals surface area contributed by atoms with E-state index >= 15 is 0 Å². The van der Waals surface area contributed by atoms with Crippen molar-refractivity contribution >= 4 is 5.97 Å². The fraction of sp³-hybridized carbons (Fsp3) is 0.0667. The van der Waals surface area contributed by atoms with Crippen LogP contribution in [0.2, 0.25) is 0 Å². The predicted octanol–water partition coefficient (Wildman–Crippen LogP) is 3.38. The molecule has 0 fully saturated rings. The number of carbonyl (C=O) groups is 1. The van der Waals surface area contributed by atoms with Crippen LogP contribution in [-0.2, 0) is 6.42 Å². The number of rotatable bonds is 4. The van der Waals surface area contributed by atoms with Gasteiger partial charge in [-0.05, 0) is 29.8 Å². The van der Waals surface area contributed by atoms with Gasteiger partial charge in [0, 0.05) is 0 Å². The van der Waals surface area contributed by atoms with Crippen molar-refractivity contribution in [3.63, 3.8) is 0 Å². The number of hydrogen-bond acceptors (Lipinski definition) is 3. The second kappa shape index (κ2) is 5.85. The summed E-state index contributed by atoms with van der Waals surface area (Å²) in [7, 11) is 0. The average molecular weight is 271 g/mol. The first kappa shape index (κ1) is 13.6. The predicted molar refractivity (Wildman–Crippen MR) is 69.2 cm³/mol. The molecule has 5 heteroatoms. The minimum atomic E-state index is -1.39. The molecular formula is C15H10FNO3. The summed E-state index contributed by atoms with van der Waals surface area (Å²) < 4.78 is 18.9. The molecule has 0 radical (unpaired) electrons. The molecule has 0 aliphatic heterocycles. The summed E-state index contributed by atoms with van der Waals surface area (Å²) >= 11 is 0. The molecule has 0 saturated heterocycles. The number of halogens is 1. The quantitative estimate of drug-likeness (QED) is 0.925. The maximum absolute atomic E-state index is 13.5. The third-order valence-corrected chi connectivity index (χ3v) is 2.62. The Kier molecular flexibility index (Phi) is 3.96. The SMILES string of the molecule is N#CCc1ccc(Oc2cccc(F)c2C(=O)O)cc1. The van der Waals surface area contributed by atoms with Crippen molar-refractivity contribution in [3.8, 4) is 17.6 Å². The van der Waals surface area contributed by atoms with Crippen LogP contribution in [-0.4, -0.2) is 11.1 Å². The Hall–Kier alpha value is -2.87. The zero-order chi connectivity index (χ0) is 14.5. The van der Waals surface area contributed by atoms with E-state index in [2.05, 4.69) is 0 Å². The standard InChI is InChI=1S/C15H10FNO3/c16-12-2-1-3-13(14(12)15(18)19)20-11-6-4-10(5-7-11)8-9-17/h1-7H,8H2,(H,18,19). The van der Waals surface area contributed by atoms with Crippen molar-refractivity contribution in [2.24, 2.45) is 0 Å². The lowest BCUT2D eigenvalue weighted by Gasteiger charge is -2.09. The Morgan fingerprint density at radius 2 is 1.95 bits per heavy atom. The maximum atomic E-state index is 13.5. The van der Waals surface area contributed by atoms with Crippen molar-refractivity contribution in [2.45, 2.75) is 6.42 Å². The van der Waals surface area contributed by atoms with Gasteiger partial charge in [-0.2, -0.15) is 5.26 Å². The molecule has 2 aromatic carbocycles. The highest BCUT2D eigenvalue weighted by Crippen LogP contribution is 2.27. The fourth-order valence-corrected chi connectivity index (χ4v) is 1.69. The normalized spacial score (nSPS) is 9.80. The number of benzene rings is 2. The van der Waals surface area contributed by atoms with Gasteiger partial charge >= 0.3 is 5.97 Å². The van der Waals surface area contributed by atoms with Gasteiger partial charge in [-0.1, -0.05) is 18.2 Å². The average Bonchev–Trinajstić information content (AvgIpc) is 2.41. The van der Waals surface area contributed by atoms with E-state index in [1.54, 1.807) is 24.3 Å². The van der Waals surface area contributed by atoms with Crippen molar-refractivity contribution in [1.29, 1.82) is 5.26 Å². The van der Waals surface area contributed by atoms with E-state index in [1.165, 1.54) is 12.1 Å². The van der Waals surface area contributed by atoms with E-state index in [-0.39, 0.29) is 12.2 Å². The lowest BCUT2D eigenvalue weighted by molar-refractivity contribution is 0.0689. The van der Waals surface area contributed by atoms with Crippen LogP contribution in [0.5, 0.6) is 11.5 Å². The first-order chi connectivity index (χ1) is 9.61. The highest BCUT2D eigenvalue weighted by molar-refractivity contribution is 5.91. The Labute approximate surface area is 114 Å². The molecule has 4 nitrogen and oxygen atoms in total. The summed E-state index contributed by atoms with van der Waals surface area (Å²) in [4.78, 5) is 11.0. The van der Waals surface area contributed by atoms with Gasteiger partial charge in [-0.15, -0.1) is 0 Å². The van der Waals surface area contributed by atoms with Gasteiger partial charge in [0.2, 0.25) is 0 Å². The van der Waals surface area contributed by atoms with Crippen LogP contribution in [0.4, 0.5) is 4.39 Å². The van der Waals surface area contributed by atoms with E-state index in [0.717, 1.165) is 11.6 Å². The molecule has 0 saturated carbocycles. The summed E-state index contributed by atoms with van der Waals surface area (Å²) in [6.45, 7) is 0. The van der Waals surface area contributed by atoms with Gasteiger partial charge < -0.3 is 9.84 Å². The second-order valence-electron chi connectivity index (χ2n) is 4.00. The molecule has 1 N–H and O–H groups in total. The van der Waals surface area contributed by atoms with Crippen LogP contribution in [0, 0.1) is 17.1 Å². The summed E-state index contributed by atoms with van der Waals surface area (Å²) in [6.07, 6.45) is 0.278. The molecule has 0 heterocycles. The molecule has 0 spiro atoms. The molecule has 0 aliphatic carbocycles. The molecular weight excluding hydrogens is 261 g/mol. The van der Waals surface area contributed by atoms with Crippen molar-refractivity contribution in [3.05, 3.63) is 59.4 Å². The number of ether oxygens (including phenoxy) is 1. The van der Waals surface area contributed by atoms with E-state index in [4.69, 9.17) is 15.1 Å². The molecule has 0 aromatic heterocycles. The summed E-state index contributed by atoms with van der Waals surface area (Å²) in [5.74, 6) is -1.93. The summed E-state index contributed by atoms with van der Waals surface area (Å²) in [6, 6.07) is 12.4. The number of aromatic carboxylic acids is 1. The molecule has 0 atom stereocenters. The molecule has 0 amide bonds. The van der Waals surface area contributed by atoms with Crippen LogP contribution in [0.1, 0.15) is 15.9 Å². The topological polar surface area (TPSA) is 70.3 Å². The molecule has 2 aromatic rings. The first-order valence-electron chi connectivity index (χ1n) is 5.77. The first-order valence-corrected chi connectivity index (χ1v) is 5.77. The molecule has 0 aliphatic rings. The van der Waals surface area contributed by atoms with Crippen molar-refractivity contribution in [2.75, 3.05) is 0 Å². The zero-order valence-electron chi connectivity index (χ0n) is 10.3. The highest BCUT2D eigenvalue weighted by atomic mass is 19.1. The molecule has 0 unspecified atom stereocenters. The van der Waals surface area contributed by atoms with Gasteiger partial charge in [-0.3, -0.25) is 0 Å². The summed E-state index contributed by atoms with van der Waals surface area (Å²) in [5, 5.41) is 17.5.